The molecule has 0 aliphatic heterocycles. The van der Waals surface area contributed by atoms with E-state index in [-0.39, 0.29) is 5.69 Å². The predicted molar refractivity (Wildman–Crippen MR) is 110 cm³/mol. The third-order valence-corrected chi connectivity index (χ3v) is 4.49. The highest BCUT2D eigenvalue weighted by Gasteiger charge is 2.09. The van der Waals surface area contributed by atoms with Crippen LogP contribution in [-0.2, 0) is 6.54 Å². The van der Waals surface area contributed by atoms with E-state index in [2.05, 4.69) is 4.98 Å². The van der Waals surface area contributed by atoms with Crippen molar-refractivity contribution in [2.45, 2.75) is 25.5 Å². The average molecular weight is 395 g/mol. The van der Waals surface area contributed by atoms with Crippen LogP contribution in [0.3, 0.4) is 0 Å². The number of methoxy groups -OCH3 is 1. The number of nitrogens with zero attached hydrogens (tertiary/aromatic N) is 2. The molecule has 0 aliphatic rings. The molecule has 0 spiro atoms. The van der Waals surface area contributed by atoms with Crippen LogP contribution in [-0.4, -0.2) is 40.4 Å². The predicted octanol–water partition coefficient (Wildman–Crippen LogP) is 2.88. The molecular formula is C22H25N3O4. The van der Waals surface area contributed by atoms with E-state index in [1.165, 1.54) is 12.5 Å². The molecule has 1 aromatic heterocycles. The lowest BCUT2D eigenvalue weighted by molar-refractivity contribution is 0.0995. The first kappa shape index (κ1) is 20.4. The summed E-state index contributed by atoms with van der Waals surface area (Å²) in [5.41, 5.74) is 7.47. The van der Waals surface area contributed by atoms with Crippen LogP contribution in [0.2, 0.25) is 0 Å². The molecular weight excluding hydrogens is 370 g/mol. The molecule has 0 aliphatic carbocycles. The second-order valence-corrected chi connectivity index (χ2v) is 6.72. The first-order chi connectivity index (χ1) is 14.0. The van der Waals surface area contributed by atoms with E-state index in [1.807, 2.05) is 48.5 Å². The number of aliphatic hydroxyl groups excluding tert-OH is 1. The number of imidazole rings is 1. The van der Waals surface area contributed by atoms with Crippen LogP contribution in [0.15, 0.2) is 61.1 Å². The van der Waals surface area contributed by atoms with Crippen LogP contribution in [0, 0.1) is 0 Å². The summed E-state index contributed by atoms with van der Waals surface area (Å²) in [6.07, 6.45) is 3.73. The average Bonchev–Trinajstić information content (AvgIpc) is 3.20. The molecule has 3 N–H and O–H groups in total. The molecule has 7 heteroatoms. The van der Waals surface area contributed by atoms with E-state index in [1.54, 1.807) is 11.7 Å². The van der Waals surface area contributed by atoms with Gasteiger partial charge in [0, 0.05) is 12.7 Å². The van der Waals surface area contributed by atoms with Crippen LogP contribution in [0.4, 0.5) is 0 Å². The summed E-state index contributed by atoms with van der Waals surface area (Å²) >= 11 is 0. The Labute approximate surface area is 169 Å². The number of carbonyl (C=O) groups excluding carboxylic acids is 1. The number of benzene rings is 2. The minimum absolute atomic E-state index is 0.191. The van der Waals surface area contributed by atoms with Crippen molar-refractivity contribution in [1.82, 2.24) is 9.55 Å². The van der Waals surface area contributed by atoms with E-state index >= 15 is 0 Å². The number of carbonyl (C=O) groups is 1. The lowest BCUT2D eigenvalue weighted by Crippen LogP contribution is -2.16. The summed E-state index contributed by atoms with van der Waals surface area (Å²) in [5.74, 6) is 1.01. The van der Waals surface area contributed by atoms with Crippen LogP contribution < -0.4 is 15.2 Å². The van der Waals surface area contributed by atoms with Crippen molar-refractivity contribution < 1.29 is 19.4 Å². The van der Waals surface area contributed by atoms with Gasteiger partial charge in [-0.25, -0.2) is 4.98 Å². The molecule has 29 heavy (non-hydrogen) atoms. The lowest BCUT2D eigenvalue weighted by Gasteiger charge is -2.12. The van der Waals surface area contributed by atoms with Crippen molar-refractivity contribution in [3.05, 3.63) is 66.7 Å². The van der Waals surface area contributed by atoms with Gasteiger partial charge in [0.05, 0.1) is 26.1 Å². The minimum atomic E-state index is -0.581. The van der Waals surface area contributed by atoms with Crippen LogP contribution >= 0.6 is 0 Å². The third kappa shape index (κ3) is 5.83. The Morgan fingerprint density at radius 1 is 1.17 bits per heavy atom. The van der Waals surface area contributed by atoms with Gasteiger partial charge in [0.15, 0.2) is 0 Å². The topological polar surface area (TPSA) is 99.6 Å². The van der Waals surface area contributed by atoms with Crippen molar-refractivity contribution in [3.8, 4) is 22.6 Å². The van der Waals surface area contributed by atoms with Crippen molar-refractivity contribution in [3.63, 3.8) is 0 Å². The normalized spacial score (nSPS) is 11.8. The molecule has 3 aromatic rings. The maximum Gasteiger partial charge on any atom is 0.268 e. The highest BCUT2D eigenvalue weighted by molar-refractivity contribution is 5.90. The molecule has 1 atom stereocenters. The molecule has 0 fully saturated rings. The van der Waals surface area contributed by atoms with E-state index in [0.717, 1.165) is 22.6 Å². The minimum Gasteiger partial charge on any atom is -0.497 e. The van der Waals surface area contributed by atoms with Gasteiger partial charge in [-0.2, -0.15) is 0 Å². The van der Waals surface area contributed by atoms with Gasteiger partial charge in [0.25, 0.3) is 5.91 Å². The quantitative estimate of drug-likeness (QED) is 0.514. The molecule has 1 amide bonds. The van der Waals surface area contributed by atoms with Crippen molar-refractivity contribution >= 4 is 5.91 Å². The van der Waals surface area contributed by atoms with Crippen molar-refractivity contribution in [2.75, 3.05) is 13.7 Å². The Morgan fingerprint density at radius 3 is 2.52 bits per heavy atom. The maximum atomic E-state index is 11.1. The zero-order chi connectivity index (χ0) is 20.6. The zero-order valence-electron chi connectivity index (χ0n) is 16.3. The largest absolute Gasteiger partial charge is 0.497 e. The molecule has 3 rings (SSSR count). The molecule has 0 unspecified atom stereocenters. The number of rotatable bonds is 10. The fourth-order valence-corrected chi connectivity index (χ4v) is 3.00. The molecule has 2 aromatic carbocycles. The van der Waals surface area contributed by atoms with Crippen LogP contribution in [0.5, 0.6) is 11.5 Å². The Hall–Kier alpha value is -3.32. The Morgan fingerprint density at radius 2 is 1.86 bits per heavy atom. The summed E-state index contributed by atoms with van der Waals surface area (Å²) in [6.45, 7) is 0.848. The second-order valence-electron chi connectivity index (χ2n) is 6.72. The number of primary amides is 1. The number of hydrogen-bond acceptors (Lipinski definition) is 5. The molecule has 0 radical (unpaired) electrons. The van der Waals surface area contributed by atoms with Crippen molar-refractivity contribution in [1.29, 1.82) is 0 Å². The van der Waals surface area contributed by atoms with Gasteiger partial charge in [0.1, 0.15) is 17.2 Å². The summed E-state index contributed by atoms with van der Waals surface area (Å²) in [7, 11) is 1.65. The first-order valence-corrected chi connectivity index (χ1v) is 9.42. The molecule has 7 nitrogen and oxygen atoms in total. The van der Waals surface area contributed by atoms with E-state index in [0.29, 0.717) is 26.0 Å². The highest BCUT2D eigenvalue weighted by atomic mass is 16.5. The molecule has 0 bridgehead atoms. The van der Waals surface area contributed by atoms with Gasteiger partial charge in [-0.15, -0.1) is 0 Å². The maximum absolute atomic E-state index is 11.1. The SMILES string of the molecule is COc1cccc(-c2cccc(OCCC[C@H](O)Cn3cnc(C(N)=O)c3)c2)c1. The zero-order valence-corrected chi connectivity index (χ0v) is 16.3. The molecule has 1 heterocycles. The van der Waals surface area contributed by atoms with E-state index < -0.39 is 12.0 Å². The van der Waals surface area contributed by atoms with Gasteiger partial charge in [-0.1, -0.05) is 24.3 Å². The molecule has 152 valence electrons. The third-order valence-electron chi connectivity index (χ3n) is 4.49. The molecule has 0 saturated heterocycles. The fourth-order valence-electron chi connectivity index (χ4n) is 3.00. The lowest BCUT2D eigenvalue weighted by atomic mass is 10.1. The fraction of sp³-hybridized carbons (Fsp3) is 0.273. The Kier molecular flexibility index (Phi) is 6.86. The van der Waals surface area contributed by atoms with Gasteiger partial charge >= 0.3 is 0 Å². The standard InChI is InChI=1S/C22H25N3O4/c1-28-19-8-2-5-16(11-19)17-6-3-9-20(12-17)29-10-4-7-18(26)13-25-14-21(22(23)27)24-15-25/h2-3,5-6,8-9,11-12,14-15,18,26H,4,7,10,13H2,1H3,(H2,23,27)/t18-/m0/s1. The number of amides is 1. The van der Waals surface area contributed by atoms with E-state index in [9.17, 15) is 9.90 Å². The summed E-state index contributed by atoms with van der Waals surface area (Å²) < 4.78 is 12.8. The van der Waals surface area contributed by atoms with E-state index in [4.69, 9.17) is 15.2 Å². The van der Waals surface area contributed by atoms with Crippen molar-refractivity contribution in [2.24, 2.45) is 5.73 Å². The highest BCUT2D eigenvalue weighted by Crippen LogP contribution is 2.26. The molecule has 0 saturated carbocycles. The number of ether oxygens (including phenoxy) is 2. The van der Waals surface area contributed by atoms with Crippen LogP contribution in [0.1, 0.15) is 23.3 Å². The van der Waals surface area contributed by atoms with Gasteiger partial charge in [-0.05, 0) is 48.2 Å². The summed E-state index contributed by atoms with van der Waals surface area (Å²) in [4.78, 5) is 14.9. The first-order valence-electron chi connectivity index (χ1n) is 9.42. The number of nitrogens with two attached hydrogens (primary N) is 1. The summed E-state index contributed by atoms with van der Waals surface area (Å²) in [6, 6.07) is 15.8. The second kappa shape index (κ2) is 9.75. The Bertz CT molecular complexity index is 954. The monoisotopic (exact) mass is 395 g/mol. The number of aliphatic hydroxyl groups is 1. The Balaban J connectivity index is 1.47. The van der Waals surface area contributed by atoms with Gasteiger partial charge < -0.3 is 24.9 Å². The smallest absolute Gasteiger partial charge is 0.268 e. The number of hydrogen-bond donors (Lipinski definition) is 2. The summed E-state index contributed by atoms with van der Waals surface area (Å²) in [5, 5.41) is 10.2. The van der Waals surface area contributed by atoms with Gasteiger partial charge in [-0.3, -0.25) is 4.79 Å². The van der Waals surface area contributed by atoms with Gasteiger partial charge in [0.2, 0.25) is 0 Å². The number of aromatic nitrogens is 2. The van der Waals surface area contributed by atoms with Crippen LogP contribution in [0.25, 0.3) is 11.1 Å².